The first-order valence-corrected chi connectivity index (χ1v) is 9.37. The molecule has 0 aliphatic carbocycles. The number of fused-ring (bicyclic) bond motifs is 1. The molecule has 0 bridgehead atoms. The molecule has 28 heavy (non-hydrogen) atoms. The molecule has 3 rings (SSSR count). The van der Waals surface area contributed by atoms with E-state index in [9.17, 15) is 14.4 Å². The van der Waals surface area contributed by atoms with Crippen LogP contribution in [-0.4, -0.2) is 54.3 Å². The lowest BCUT2D eigenvalue weighted by Gasteiger charge is -2.23. The number of benzene rings is 2. The van der Waals surface area contributed by atoms with Gasteiger partial charge in [-0.05, 0) is 24.1 Å². The summed E-state index contributed by atoms with van der Waals surface area (Å²) in [6.45, 7) is 1.70. The molecule has 0 fully saturated rings. The number of ether oxygens (including phenoxy) is 1. The first kappa shape index (κ1) is 19.8. The number of nitrogens with zero attached hydrogens (tertiary/aromatic N) is 2. The van der Waals surface area contributed by atoms with Gasteiger partial charge in [-0.25, -0.2) is 0 Å². The van der Waals surface area contributed by atoms with Gasteiger partial charge in [0.1, 0.15) is 0 Å². The smallest absolute Gasteiger partial charge is 0.261 e. The van der Waals surface area contributed by atoms with Crippen molar-refractivity contribution in [3.05, 3.63) is 71.3 Å². The number of methoxy groups -OCH3 is 1. The lowest BCUT2D eigenvalue weighted by Crippen LogP contribution is -2.35. The number of hydrogen-bond donors (Lipinski definition) is 0. The first-order chi connectivity index (χ1) is 13.6. The number of rotatable bonds is 9. The van der Waals surface area contributed by atoms with Crippen molar-refractivity contribution < 1.29 is 19.1 Å². The molecular weight excluding hydrogens is 356 g/mol. The maximum atomic E-state index is 12.7. The Morgan fingerprint density at radius 1 is 0.964 bits per heavy atom. The van der Waals surface area contributed by atoms with Gasteiger partial charge in [0.15, 0.2) is 0 Å². The lowest BCUT2D eigenvalue weighted by atomic mass is 10.1. The molecule has 146 valence electrons. The van der Waals surface area contributed by atoms with Crippen LogP contribution in [-0.2, 0) is 16.1 Å². The average molecular weight is 380 g/mol. The van der Waals surface area contributed by atoms with Gasteiger partial charge in [0, 0.05) is 33.2 Å². The maximum Gasteiger partial charge on any atom is 0.261 e. The molecule has 3 amide bonds. The second kappa shape index (κ2) is 9.28. The van der Waals surface area contributed by atoms with Crippen LogP contribution in [0.3, 0.4) is 0 Å². The molecule has 0 saturated carbocycles. The van der Waals surface area contributed by atoms with Gasteiger partial charge in [-0.3, -0.25) is 19.3 Å². The monoisotopic (exact) mass is 380 g/mol. The highest BCUT2D eigenvalue weighted by Gasteiger charge is 2.34. The fraction of sp³-hybridized carbons (Fsp3) is 0.318. The van der Waals surface area contributed by atoms with Crippen molar-refractivity contribution in [2.75, 3.05) is 26.8 Å². The van der Waals surface area contributed by atoms with E-state index in [1.807, 2.05) is 30.3 Å². The molecule has 6 nitrogen and oxygen atoms in total. The number of imide groups is 1. The van der Waals surface area contributed by atoms with E-state index in [4.69, 9.17) is 4.74 Å². The van der Waals surface area contributed by atoms with Crippen LogP contribution >= 0.6 is 0 Å². The lowest BCUT2D eigenvalue weighted by molar-refractivity contribution is -0.132. The zero-order valence-electron chi connectivity index (χ0n) is 16.0. The van der Waals surface area contributed by atoms with E-state index in [-0.39, 0.29) is 30.7 Å². The summed E-state index contributed by atoms with van der Waals surface area (Å²) in [5.41, 5.74) is 1.92. The van der Waals surface area contributed by atoms with Crippen LogP contribution in [0.15, 0.2) is 54.6 Å². The minimum atomic E-state index is -0.284. The van der Waals surface area contributed by atoms with Gasteiger partial charge < -0.3 is 9.64 Å². The van der Waals surface area contributed by atoms with E-state index in [1.165, 1.54) is 4.90 Å². The normalized spacial score (nSPS) is 13.0. The molecule has 6 heteroatoms. The third-order valence-electron chi connectivity index (χ3n) is 4.78. The van der Waals surface area contributed by atoms with Crippen molar-refractivity contribution in [2.45, 2.75) is 19.4 Å². The molecule has 1 aliphatic rings. The van der Waals surface area contributed by atoms with Gasteiger partial charge in [-0.2, -0.15) is 0 Å². The molecule has 0 unspecified atom stereocenters. The SMILES string of the molecule is COCCN(Cc1ccccc1)C(=O)CCCN1C(=O)c2ccccc2C1=O. The molecule has 0 aromatic heterocycles. The summed E-state index contributed by atoms with van der Waals surface area (Å²) in [4.78, 5) is 40.5. The van der Waals surface area contributed by atoms with Crippen molar-refractivity contribution in [2.24, 2.45) is 0 Å². The summed E-state index contributed by atoms with van der Waals surface area (Å²) in [6.07, 6.45) is 0.701. The predicted octanol–water partition coefficient (Wildman–Crippen LogP) is 2.74. The summed E-state index contributed by atoms with van der Waals surface area (Å²) in [6, 6.07) is 16.6. The second-order valence-corrected chi connectivity index (χ2v) is 6.70. The van der Waals surface area contributed by atoms with E-state index in [1.54, 1.807) is 36.3 Å². The fourth-order valence-electron chi connectivity index (χ4n) is 3.29. The van der Waals surface area contributed by atoms with E-state index in [0.29, 0.717) is 37.2 Å². The van der Waals surface area contributed by atoms with E-state index in [2.05, 4.69) is 0 Å². The number of carbonyl (C=O) groups excluding carboxylic acids is 3. The van der Waals surface area contributed by atoms with Crippen molar-refractivity contribution >= 4 is 17.7 Å². The third-order valence-corrected chi connectivity index (χ3v) is 4.78. The molecule has 2 aromatic carbocycles. The van der Waals surface area contributed by atoms with Gasteiger partial charge in [0.25, 0.3) is 11.8 Å². The van der Waals surface area contributed by atoms with Crippen LogP contribution in [0.5, 0.6) is 0 Å². The van der Waals surface area contributed by atoms with Gasteiger partial charge in [-0.1, -0.05) is 42.5 Å². The van der Waals surface area contributed by atoms with E-state index >= 15 is 0 Å². The van der Waals surface area contributed by atoms with Crippen LogP contribution in [0.1, 0.15) is 39.1 Å². The van der Waals surface area contributed by atoms with Crippen LogP contribution in [0.25, 0.3) is 0 Å². The van der Waals surface area contributed by atoms with Crippen LogP contribution in [0, 0.1) is 0 Å². The highest BCUT2D eigenvalue weighted by Crippen LogP contribution is 2.22. The molecule has 0 saturated heterocycles. The third kappa shape index (κ3) is 4.46. The van der Waals surface area contributed by atoms with Gasteiger partial charge in [0.2, 0.25) is 5.91 Å². The van der Waals surface area contributed by atoms with Gasteiger partial charge in [0.05, 0.1) is 17.7 Å². The molecule has 0 N–H and O–H groups in total. The zero-order valence-corrected chi connectivity index (χ0v) is 16.0. The van der Waals surface area contributed by atoms with Crippen molar-refractivity contribution in [1.82, 2.24) is 9.80 Å². The summed E-state index contributed by atoms with van der Waals surface area (Å²) in [5.74, 6) is -0.584. The fourth-order valence-corrected chi connectivity index (χ4v) is 3.29. The Balaban J connectivity index is 1.56. The minimum Gasteiger partial charge on any atom is -0.383 e. The minimum absolute atomic E-state index is 0.0162. The van der Waals surface area contributed by atoms with Crippen molar-refractivity contribution in [3.8, 4) is 0 Å². The molecule has 2 aromatic rings. The van der Waals surface area contributed by atoms with Crippen molar-refractivity contribution in [3.63, 3.8) is 0 Å². The standard InChI is InChI=1S/C22H24N2O4/c1-28-15-14-23(16-17-8-3-2-4-9-17)20(25)12-7-13-24-21(26)18-10-5-6-11-19(18)22(24)27/h2-6,8-11H,7,12-16H2,1H3. The zero-order chi connectivity index (χ0) is 19.9. The molecule has 0 spiro atoms. The molecule has 1 heterocycles. The molecular formula is C22H24N2O4. The Kier molecular flexibility index (Phi) is 6.55. The quantitative estimate of drug-likeness (QED) is 0.628. The Hall–Kier alpha value is -2.99. The topological polar surface area (TPSA) is 66.9 Å². The average Bonchev–Trinajstić information content (AvgIpc) is 2.97. The highest BCUT2D eigenvalue weighted by molar-refractivity contribution is 6.21. The first-order valence-electron chi connectivity index (χ1n) is 9.37. The van der Waals surface area contributed by atoms with Gasteiger partial charge in [-0.15, -0.1) is 0 Å². The summed E-state index contributed by atoms with van der Waals surface area (Å²) < 4.78 is 5.12. The summed E-state index contributed by atoms with van der Waals surface area (Å²) >= 11 is 0. The Morgan fingerprint density at radius 2 is 1.57 bits per heavy atom. The van der Waals surface area contributed by atoms with Crippen LogP contribution in [0.4, 0.5) is 0 Å². The largest absolute Gasteiger partial charge is 0.383 e. The molecule has 0 atom stereocenters. The summed E-state index contributed by atoms with van der Waals surface area (Å²) in [7, 11) is 1.60. The maximum absolute atomic E-state index is 12.7. The van der Waals surface area contributed by atoms with E-state index < -0.39 is 0 Å². The van der Waals surface area contributed by atoms with Crippen LogP contribution in [0.2, 0.25) is 0 Å². The number of hydrogen-bond acceptors (Lipinski definition) is 4. The summed E-state index contributed by atoms with van der Waals surface area (Å²) in [5, 5.41) is 0. The molecule has 0 radical (unpaired) electrons. The Morgan fingerprint density at radius 3 is 2.18 bits per heavy atom. The number of amides is 3. The second-order valence-electron chi connectivity index (χ2n) is 6.70. The highest BCUT2D eigenvalue weighted by atomic mass is 16.5. The van der Waals surface area contributed by atoms with Crippen molar-refractivity contribution in [1.29, 1.82) is 0 Å². The number of carbonyl (C=O) groups is 3. The van der Waals surface area contributed by atoms with E-state index in [0.717, 1.165) is 5.56 Å². The Labute approximate surface area is 164 Å². The van der Waals surface area contributed by atoms with Crippen LogP contribution < -0.4 is 0 Å². The Bertz CT molecular complexity index is 816. The van der Waals surface area contributed by atoms with Gasteiger partial charge >= 0.3 is 0 Å². The molecule has 1 aliphatic heterocycles. The predicted molar refractivity (Wildman–Crippen MR) is 105 cm³/mol.